The maximum absolute atomic E-state index is 13.3. The van der Waals surface area contributed by atoms with Gasteiger partial charge in [-0.15, -0.1) is 0 Å². The number of hydrogen-bond donors (Lipinski definition) is 0. The van der Waals surface area contributed by atoms with Gasteiger partial charge in [-0.25, -0.2) is 13.6 Å². The van der Waals surface area contributed by atoms with Gasteiger partial charge in [-0.3, -0.25) is 9.69 Å². The van der Waals surface area contributed by atoms with Crippen LogP contribution in [0, 0.1) is 5.92 Å². The summed E-state index contributed by atoms with van der Waals surface area (Å²) in [5, 5.41) is 0. The smallest absolute Gasteiger partial charge is 0.410 e. The predicted molar refractivity (Wildman–Crippen MR) is 94.9 cm³/mol. The van der Waals surface area contributed by atoms with Gasteiger partial charge >= 0.3 is 6.09 Å². The van der Waals surface area contributed by atoms with E-state index in [0.717, 1.165) is 0 Å². The molecular weight excluding hydrogens is 356 g/mol. The van der Waals surface area contributed by atoms with Crippen LogP contribution in [0.25, 0.3) is 0 Å². The van der Waals surface area contributed by atoms with Crippen molar-refractivity contribution in [3.05, 3.63) is 35.4 Å². The first kappa shape index (κ1) is 19.7. The summed E-state index contributed by atoms with van der Waals surface area (Å²) < 4.78 is 37.6. The quantitative estimate of drug-likeness (QED) is 0.736. The topological polar surface area (TPSA) is 55.8 Å². The number of fused-ring (bicyclic) bond motifs is 2. The summed E-state index contributed by atoms with van der Waals surface area (Å²) in [6, 6.07) is 5.26. The van der Waals surface area contributed by atoms with Gasteiger partial charge < -0.3 is 9.47 Å². The van der Waals surface area contributed by atoms with Crippen LogP contribution >= 0.6 is 0 Å². The van der Waals surface area contributed by atoms with E-state index in [1.54, 1.807) is 31.7 Å². The molecule has 3 rings (SSSR count). The summed E-state index contributed by atoms with van der Waals surface area (Å²) >= 11 is 0. The molecule has 0 radical (unpaired) electrons. The standard InChI is InChI=1S/C20H25F2NO4/c1-20(2,3)27-19(25)23-13-8-12(9-14(23)11-26-10-13)17(24)15-6-4-5-7-16(15)18(21)22/h4-7,12-14,18H,8-11H2,1-3H3. The lowest BCUT2D eigenvalue weighted by molar-refractivity contribution is -0.0861. The van der Waals surface area contributed by atoms with E-state index in [4.69, 9.17) is 9.47 Å². The molecule has 2 aliphatic heterocycles. The van der Waals surface area contributed by atoms with Crippen LogP contribution in [0.5, 0.6) is 0 Å². The number of rotatable bonds is 3. The lowest BCUT2D eigenvalue weighted by Crippen LogP contribution is -2.60. The largest absolute Gasteiger partial charge is 0.444 e. The van der Waals surface area contributed by atoms with Gasteiger partial charge in [-0.2, -0.15) is 0 Å². The van der Waals surface area contributed by atoms with Crippen LogP contribution in [0.2, 0.25) is 0 Å². The minimum atomic E-state index is -2.70. The van der Waals surface area contributed by atoms with Crippen LogP contribution in [-0.2, 0) is 9.47 Å². The molecule has 2 heterocycles. The van der Waals surface area contributed by atoms with Crippen LogP contribution in [0.3, 0.4) is 0 Å². The number of hydrogen-bond acceptors (Lipinski definition) is 4. The third-order valence-corrected chi connectivity index (χ3v) is 4.96. The fourth-order valence-corrected chi connectivity index (χ4v) is 3.87. The van der Waals surface area contributed by atoms with E-state index < -0.39 is 24.0 Å². The van der Waals surface area contributed by atoms with E-state index in [-0.39, 0.29) is 29.0 Å². The highest BCUT2D eigenvalue weighted by atomic mass is 19.3. The van der Waals surface area contributed by atoms with Gasteiger partial charge in [0.2, 0.25) is 0 Å². The normalized spacial score (nSPS) is 25.4. The van der Waals surface area contributed by atoms with E-state index in [1.165, 1.54) is 18.2 Å². The predicted octanol–water partition coefficient (Wildman–Crippen LogP) is 4.22. The summed E-state index contributed by atoms with van der Waals surface area (Å²) in [5.74, 6) is -0.700. The number of morpholine rings is 1. The summed E-state index contributed by atoms with van der Waals surface area (Å²) in [4.78, 5) is 27.2. The number of ketones is 1. The number of piperidine rings is 1. The van der Waals surface area contributed by atoms with Gasteiger partial charge in [0, 0.05) is 17.0 Å². The Morgan fingerprint density at radius 3 is 2.30 bits per heavy atom. The zero-order valence-electron chi connectivity index (χ0n) is 15.8. The van der Waals surface area contributed by atoms with Crippen molar-refractivity contribution in [2.24, 2.45) is 5.92 Å². The van der Waals surface area contributed by atoms with Crippen molar-refractivity contribution in [3.8, 4) is 0 Å². The minimum absolute atomic E-state index is 0.0715. The number of amides is 1. The van der Waals surface area contributed by atoms with Crippen molar-refractivity contribution in [3.63, 3.8) is 0 Å². The Hall–Kier alpha value is -2.02. The molecule has 2 atom stereocenters. The average molecular weight is 381 g/mol. The summed E-state index contributed by atoms with van der Waals surface area (Å²) in [6.07, 6.45) is -2.35. The molecule has 2 unspecified atom stereocenters. The van der Waals surface area contributed by atoms with E-state index in [0.29, 0.717) is 26.1 Å². The first-order valence-corrected chi connectivity index (χ1v) is 9.17. The molecule has 2 aliphatic rings. The molecular formula is C20H25F2NO4. The molecule has 2 fully saturated rings. The molecule has 27 heavy (non-hydrogen) atoms. The SMILES string of the molecule is CC(C)(C)OC(=O)N1C2COCC1CC(C(=O)c1ccccc1C(F)F)C2. The lowest BCUT2D eigenvalue weighted by atomic mass is 9.80. The van der Waals surface area contributed by atoms with Crippen LogP contribution in [0.15, 0.2) is 24.3 Å². The molecule has 1 aromatic rings. The highest BCUT2D eigenvalue weighted by Crippen LogP contribution is 2.36. The van der Waals surface area contributed by atoms with Crippen LogP contribution in [-0.4, -0.2) is 47.7 Å². The zero-order chi connectivity index (χ0) is 19.8. The molecule has 1 aromatic carbocycles. The van der Waals surface area contributed by atoms with E-state index in [9.17, 15) is 18.4 Å². The number of halogens is 2. The van der Waals surface area contributed by atoms with Gasteiger partial charge in [0.15, 0.2) is 5.78 Å². The van der Waals surface area contributed by atoms with Gasteiger partial charge in [0.05, 0.1) is 25.3 Å². The molecule has 2 saturated heterocycles. The summed E-state index contributed by atoms with van der Waals surface area (Å²) in [5.41, 5.74) is -0.782. The number of alkyl halides is 2. The van der Waals surface area contributed by atoms with E-state index in [2.05, 4.69) is 0 Å². The molecule has 7 heteroatoms. The molecule has 148 valence electrons. The van der Waals surface area contributed by atoms with Gasteiger partial charge in [0.25, 0.3) is 6.43 Å². The van der Waals surface area contributed by atoms with Crippen molar-refractivity contribution < 1.29 is 27.8 Å². The average Bonchev–Trinajstić information content (AvgIpc) is 2.58. The van der Waals surface area contributed by atoms with Crippen molar-refractivity contribution >= 4 is 11.9 Å². The highest BCUT2D eigenvalue weighted by Gasteiger charge is 2.45. The molecule has 0 aliphatic carbocycles. The Balaban J connectivity index is 1.79. The number of ether oxygens (including phenoxy) is 2. The first-order chi connectivity index (χ1) is 12.7. The minimum Gasteiger partial charge on any atom is -0.444 e. The molecule has 5 nitrogen and oxygen atoms in total. The molecule has 1 amide bonds. The van der Waals surface area contributed by atoms with Gasteiger partial charge in [-0.05, 0) is 33.6 Å². The van der Waals surface area contributed by atoms with Crippen LogP contribution in [0.1, 0.15) is 56.0 Å². The van der Waals surface area contributed by atoms with Crippen molar-refractivity contribution in [2.45, 2.75) is 57.7 Å². The third-order valence-electron chi connectivity index (χ3n) is 4.96. The number of benzene rings is 1. The van der Waals surface area contributed by atoms with Gasteiger partial charge in [0.1, 0.15) is 5.60 Å². The van der Waals surface area contributed by atoms with Gasteiger partial charge in [-0.1, -0.05) is 24.3 Å². The van der Waals surface area contributed by atoms with Crippen molar-refractivity contribution in [1.82, 2.24) is 4.90 Å². The molecule has 0 spiro atoms. The third kappa shape index (κ3) is 4.29. The second-order valence-electron chi connectivity index (χ2n) is 8.15. The zero-order valence-corrected chi connectivity index (χ0v) is 15.8. The summed E-state index contributed by atoms with van der Waals surface area (Å²) in [7, 11) is 0. The maximum Gasteiger partial charge on any atom is 0.410 e. The second-order valence-corrected chi connectivity index (χ2v) is 8.15. The van der Waals surface area contributed by atoms with Crippen LogP contribution in [0.4, 0.5) is 13.6 Å². The fraction of sp³-hybridized carbons (Fsp3) is 0.600. The number of carbonyl (C=O) groups is 2. The maximum atomic E-state index is 13.3. The Morgan fingerprint density at radius 1 is 1.15 bits per heavy atom. The monoisotopic (exact) mass is 381 g/mol. The van der Waals surface area contributed by atoms with E-state index >= 15 is 0 Å². The lowest BCUT2D eigenvalue weighted by Gasteiger charge is -2.47. The summed E-state index contributed by atoms with van der Waals surface area (Å²) in [6.45, 7) is 6.03. The second kappa shape index (κ2) is 7.54. The van der Waals surface area contributed by atoms with Crippen LogP contribution < -0.4 is 0 Å². The fourth-order valence-electron chi connectivity index (χ4n) is 3.87. The molecule has 0 aromatic heterocycles. The Morgan fingerprint density at radius 2 is 1.74 bits per heavy atom. The van der Waals surface area contributed by atoms with Crippen molar-refractivity contribution in [1.29, 1.82) is 0 Å². The van der Waals surface area contributed by atoms with E-state index in [1.807, 2.05) is 0 Å². The number of nitrogens with zero attached hydrogens (tertiary/aromatic N) is 1. The highest BCUT2D eigenvalue weighted by molar-refractivity contribution is 5.99. The molecule has 0 saturated carbocycles. The first-order valence-electron chi connectivity index (χ1n) is 9.17. The number of Topliss-reactive ketones (excluding diaryl/α,β-unsaturated/α-hetero) is 1. The molecule has 2 bridgehead atoms. The molecule has 0 N–H and O–H groups in total. The Labute approximate surface area is 157 Å². The Kier molecular flexibility index (Phi) is 5.51. The Bertz CT molecular complexity index is 702. The number of carbonyl (C=O) groups excluding carboxylic acids is 2. The van der Waals surface area contributed by atoms with Crippen molar-refractivity contribution in [2.75, 3.05) is 13.2 Å².